The number of carbonyl (C=O) groups is 1. The predicted molar refractivity (Wildman–Crippen MR) is 77.3 cm³/mol. The van der Waals surface area contributed by atoms with E-state index in [1.165, 1.54) is 0 Å². The van der Waals surface area contributed by atoms with E-state index in [2.05, 4.69) is 20.6 Å². The molecule has 0 fully saturated rings. The maximum atomic E-state index is 11.5. The minimum atomic E-state index is -0.474. The van der Waals surface area contributed by atoms with Crippen molar-refractivity contribution in [1.29, 1.82) is 0 Å². The van der Waals surface area contributed by atoms with Gasteiger partial charge < -0.3 is 15.4 Å². The molecule has 112 valence electrons. The zero-order valence-corrected chi connectivity index (χ0v) is 12.9. The summed E-state index contributed by atoms with van der Waals surface area (Å²) in [5.74, 6) is 0. The average Bonchev–Trinajstić information content (AvgIpc) is 2.33. The topological polar surface area (TPSA) is 76.1 Å². The fourth-order valence-electron chi connectivity index (χ4n) is 1.41. The van der Waals surface area contributed by atoms with Gasteiger partial charge in [0.1, 0.15) is 5.60 Å². The lowest BCUT2D eigenvalue weighted by atomic mass is 10.2. The number of alkyl carbamates (subject to hydrolysis) is 1. The van der Waals surface area contributed by atoms with E-state index >= 15 is 0 Å². The molecule has 0 aliphatic rings. The zero-order chi connectivity index (χ0) is 15.2. The van der Waals surface area contributed by atoms with Gasteiger partial charge in [-0.1, -0.05) is 0 Å². The largest absolute Gasteiger partial charge is 0.444 e. The number of nitrogens with one attached hydrogen (secondary N) is 2. The van der Waals surface area contributed by atoms with E-state index in [4.69, 9.17) is 4.74 Å². The van der Waals surface area contributed by atoms with E-state index in [1.807, 2.05) is 34.6 Å². The highest BCUT2D eigenvalue weighted by atomic mass is 16.6. The Morgan fingerprint density at radius 2 is 2.05 bits per heavy atom. The third-order valence-electron chi connectivity index (χ3n) is 2.42. The van der Waals surface area contributed by atoms with Crippen molar-refractivity contribution in [1.82, 2.24) is 20.6 Å². The predicted octanol–water partition coefficient (Wildman–Crippen LogP) is 1.79. The molecule has 1 rings (SSSR count). The van der Waals surface area contributed by atoms with Gasteiger partial charge in [-0.3, -0.25) is 9.97 Å². The summed E-state index contributed by atoms with van der Waals surface area (Å²) in [5.41, 5.74) is 1.30. The number of rotatable bonds is 5. The summed E-state index contributed by atoms with van der Waals surface area (Å²) in [6, 6.07) is 0.116. The Morgan fingerprint density at radius 1 is 1.35 bits per heavy atom. The molecule has 0 aliphatic heterocycles. The van der Waals surface area contributed by atoms with Crippen LogP contribution in [0.2, 0.25) is 0 Å². The second-order valence-electron chi connectivity index (χ2n) is 5.81. The third kappa shape index (κ3) is 7.04. The number of hydrogen-bond donors (Lipinski definition) is 2. The van der Waals surface area contributed by atoms with E-state index in [0.29, 0.717) is 13.1 Å². The Bertz CT molecular complexity index is 426. The van der Waals surface area contributed by atoms with Crippen LogP contribution in [0.25, 0.3) is 0 Å². The van der Waals surface area contributed by atoms with Gasteiger partial charge >= 0.3 is 6.09 Å². The smallest absolute Gasteiger partial charge is 0.407 e. The van der Waals surface area contributed by atoms with Gasteiger partial charge in [-0.25, -0.2) is 4.79 Å². The van der Waals surface area contributed by atoms with Crippen LogP contribution in [0.4, 0.5) is 4.79 Å². The molecule has 1 aromatic rings. The number of hydrogen-bond acceptors (Lipinski definition) is 5. The first-order chi connectivity index (χ1) is 9.26. The van der Waals surface area contributed by atoms with Crippen LogP contribution in [0.1, 0.15) is 39.1 Å². The van der Waals surface area contributed by atoms with Crippen LogP contribution in [0.3, 0.4) is 0 Å². The van der Waals surface area contributed by atoms with Gasteiger partial charge in [-0.2, -0.15) is 0 Å². The van der Waals surface area contributed by atoms with E-state index in [9.17, 15) is 4.79 Å². The number of nitrogens with zero attached hydrogens (tertiary/aromatic N) is 2. The summed E-state index contributed by atoms with van der Waals surface area (Å²) >= 11 is 0. The number of ether oxygens (including phenoxy) is 1. The first-order valence-corrected chi connectivity index (χ1v) is 6.74. The summed E-state index contributed by atoms with van der Waals surface area (Å²) in [7, 11) is 0. The van der Waals surface area contributed by atoms with E-state index in [1.54, 1.807) is 12.4 Å². The molecule has 1 atom stereocenters. The average molecular weight is 280 g/mol. The quantitative estimate of drug-likeness (QED) is 0.860. The monoisotopic (exact) mass is 280 g/mol. The molecule has 6 heteroatoms. The highest BCUT2D eigenvalue weighted by molar-refractivity contribution is 5.67. The van der Waals surface area contributed by atoms with E-state index < -0.39 is 11.7 Å². The SMILES string of the molecule is Cc1cnc(CNC(C)CNC(=O)OC(C)(C)C)cn1. The first kappa shape index (κ1) is 16.4. The van der Waals surface area contributed by atoms with Crippen LogP contribution < -0.4 is 10.6 Å². The van der Waals surface area contributed by atoms with Crippen LogP contribution in [0, 0.1) is 6.92 Å². The molecule has 1 unspecified atom stereocenters. The maximum absolute atomic E-state index is 11.5. The number of carbonyl (C=O) groups excluding carboxylic acids is 1. The Morgan fingerprint density at radius 3 is 2.60 bits per heavy atom. The van der Waals surface area contributed by atoms with Crippen LogP contribution in [-0.4, -0.2) is 34.2 Å². The lowest BCUT2D eigenvalue weighted by Gasteiger charge is -2.21. The van der Waals surface area contributed by atoms with Gasteiger partial charge in [-0.15, -0.1) is 0 Å². The van der Waals surface area contributed by atoms with Gasteiger partial charge in [0.15, 0.2) is 0 Å². The standard InChI is InChI=1S/C14H24N4O2/c1-10-6-17-12(8-15-10)9-16-11(2)7-18-13(19)20-14(3,4)5/h6,8,11,16H,7,9H2,1-5H3,(H,18,19). The lowest BCUT2D eigenvalue weighted by molar-refractivity contribution is 0.0523. The van der Waals surface area contributed by atoms with Crippen molar-refractivity contribution in [2.45, 2.75) is 52.8 Å². The minimum Gasteiger partial charge on any atom is -0.444 e. The molecule has 0 aromatic carbocycles. The molecule has 20 heavy (non-hydrogen) atoms. The Hall–Kier alpha value is -1.69. The molecule has 1 aromatic heterocycles. The Labute approximate surface area is 120 Å². The van der Waals surface area contributed by atoms with Gasteiger partial charge in [-0.05, 0) is 34.6 Å². The number of aromatic nitrogens is 2. The second kappa shape index (κ2) is 7.19. The van der Waals surface area contributed by atoms with Crippen molar-refractivity contribution in [2.75, 3.05) is 6.54 Å². The number of amides is 1. The van der Waals surface area contributed by atoms with Crippen LogP contribution >= 0.6 is 0 Å². The Kier molecular flexibility index (Phi) is 5.88. The molecular weight excluding hydrogens is 256 g/mol. The van der Waals surface area contributed by atoms with Gasteiger partial charge in [0, 0.05) is 31.5 Å². The van der Waals surface area contributed by atoms with Gasteiger partial charge in [0.25, 0.3) is 0 Å². The van der Waals surface area contributed by atoms with Crippen LogP contribution in [0.5, 0.6) is 0 Å². The maximum Gasteiger partial charge on any atom is 0.407 e. The first-order valence-electron chi connectivity index (χ1n) is 6.74. The van der Waals surface area contributed by atoms with Gasteiger partial charge in [0.05, 0.1) is 11.4 Å². The molecule has 0 spiro atoms. The highest BCUT2D eigenvalue weighted by Crippen LogP contribution is 2.06. The summed E-state index contributed by atoms with van der Waals surface area (Å²) in [5, 5.41) is 5.99. The minimum absolute atomic E-state index is 0.116. The summed E-state index contributed by atoms with van der Waals surface area (Å²) < 4.78 is 5.16. The van der Waals surface area contributed by atoms with Crippen molar-refractivity contribution < 1.29 is 9.53 Å². The van der Waals surface area contributed by atoms with Crippen molar-refractivity contribution in [2.24, 2.45) is 0 Å². The summed E-state index contributed by atoms with van der Waals surface area (Å²) in [6.45, 7) is 10.5. The molecule has 0 saturated heterocycles. The molecule has 0 radical (unpaired) electrons. The normalized spacial score (nSPS) is 12.8. The molecular formula is C14H24N4O2. The van der Waals surface area contributed by atoms with E-state index in [-0.39, 0.29) is 6.04 Å². The van der Waals surface area contributed by atoms with Crippen LogP contribution in [0.15, 0.2) is 12.4 Å². The fourth-order valence-corrected chi connectivity index (χ4v) is 1.41. The van der Waals surface area contributed by atoms with Crippen LogP contribution in [-0.2, 0) is 11.3 Å². The molecule has 1 amide bonds. The van der Waals surface area contributed by atoms with Crippen molar-refractivity contribution in [3.8, 4) is 0 Å². The molecule has 2 N–H and O–H groups in total. The lowest BCUT2D eigenvalue weighted by Crippen LogP contribution is -2.41. The third-order valence-corrected chi connectivity index (χ3v) is 2.42. The van der Waals surface area contributed by atoms with Crippen molar-refractivity contribution >= 4 is 6.09 Å². The highest BCUT2D eigenvalue weighted by Gasteiger charge is 2.16. The Balaban J connectivity index is 2.25. The number of aryl methyl sites for hydroxylation is 1. The summed E-state index contributed by atoms with van der Waals surface area (Å²) in [6.07, 6.45) is 3.08. The van der Waals surface area contributed by atoms with Crippen molar-refractivity contribution in [3.05, 3.63) is 23.8 Å². The molecule has 0 aliphatic carbocycles. The van der Waals surface area contributed by atoms with E-state index in [0.717, 1.165) is 11.4 Å². The van der Waals surface area contributed by atoms with Crippen molar-refractivity contribution in [3.63, 3.8) is 0 Å². The zero-order valence-electron chi connectivity index (χ0n) is 12.9. The molecule has 6 nitrogen and oxygen atoms in total. The van der Waals surface area contributed by atoms with Gasteiger partial charge in [0.2, 0.25) is 0 Å². The molecule has 0 bridgehead atoms. The second-order valence-corrected chi connectivity index (χ2v) is 5.81. The molecule has 0 saturated carbocycles. The molecule has 1 heterocycles. The fraction of sp³-hybridized carbons (Fsp3) is 0.643. The summed E-state index contributed by atoms with van der Waals surface area (Å²) in [4.78, 5) is 19.9.